The van der Waals surface area contributed by atoms with Gasteiger partial charge in [-0.05, 0) is 145 Å². The summed E-state index contributed by atoms with van der Waals surface area (Å²) < 4.78 is 0. The van der Waals surface area contributed by atoms with E-state index in [1.54, 1.807) is 0 Å². The topological polar surface area (TPSA) is 6.48 Å². The fraction of sp³-hybridized carbons (Fsp3) is 0. The van der Waals surface area contributed by atoms with Crippen molar-refractivity contribution in [1.29, 1.82) is 0 Å². The first kappa shape index (κ1) is 45.1. The second-order valence-corrected chi connectivity index (χ2v) is 25.1. The minimum atomic E-state index is 0.0942. The van der Waals surface area contributed by atoms with E-state index in [4.69, 9.17) is 0 Å². The molecule has 0 amide bonds. The van der Waals surface area contributed by atoms with Gasteiger partial charge in [-0.3, -0.25) is 0 Å². The number of rotatable bonds is 6. The summed E-state index contributed by atoms with van der Waals surface area (Å²) in [6, 6.07) is 95.9. The molecular formula is C70H42B2N2S4. The van der Waals surface area contributed by atoms with Crippen LogP contribution in [0.15, 0.2) is 294 Å². The molecule has 0 aromatic heterocycles. The molecule has 0 bridgehead atoms. The molecule has 0 atom stereocenters. The van der Waals surface area contributed by atoms with Gasteiger partial charge in [-0.25, -0.2) is 0 Å². The van der Waals surface area contributed by atoms with Crippen molar-refractivity contribution < 1.29 is 0 Å². The Balaban J connectivity index is 0.843. The lowest BCUT2D eigenvalue weighted by Gasteiger charge is -2.38. The van der Waals surface area contributed by atoms with Crippen molar-refractivity contribution in [1.82, 2.24) is 0 Å². The third kappa shape index (κ3) is 7.20. The van der Waals surface area contributed by atoms with Crippen molar-refractivity contribution in [3.05, 3.63) is 255 Å². The Bertz CT molecular complexity index is 4260. The van der Waals surface area contributed by atoms with Gasteiger partial charge in [-0.2, -0.15) is 0 Å². The average molecular weight is 1060 g/mol. The Labute approximate surface area is 470 Å². The normalized spacial score (nSPS) is 13.4. The monoisotopic (exact) mass is 1060 g/mol. The van der Waals surface area contributed by atoms with Crippen LogP contribution in [0.2, 0.25) is 0 Å². The Kier molecular flexibility index (Phi) is 10.3. The van der Waals surface area contributed by atoms with Crippen molar-refractivity contribution in [3.63, 3.8) is 0 Å². The lowest BCUT2D eigenvalue weighted by Crippen LogP contribution is -2.62. The van der Waals surface area contributed by atoms with Crippen LogP contribution in [0.5, 0.6) is 0 Å². The van der Waals surface area contributed by atoms with E-state index in [1.807, 2.05) is 47.0 Å². The van der Waals surface area contributed by atoms with Crippen LogP contribution >= 0.6 is 47.0 Å². The van der Waals surface area contributed by atoms with E-state index in [9.17, 15) is 0 Å². The molecule has 0 saturated carbocycles. The summed E-state index contributed by atoms with van der Waals surface area (Å²) in [5.41, 5.74) is 15.3. The van der Waals surface area contributed by atoms with E-state index >= 15 is 0 Å². The number of fused-ring (bicyclic) bond motifs is 12. The number of anilines is 6. The quantitative estimate of drug-likeness (QED) is 0.152. The molecule has 2 nitrogen and oxygen atoms in total. The third-order valence-electron chi connectivity index (χ3n) is 16.3. The molecule has 8 heteroatoms. The van der Waals surface area contributed by atoms with Gasteiger partial charge in [0, 0.05) is 73.3 Å². The first-order valence-corrected chi connectivity index (χ1v) is 29.9. The molecule has 0 spiro atoms. The van der Waals surface area contributed by atoms with Gasteiger partial charge < -0.3 is 9.80 Å². The maximum Gasteiger partial charge on any atom is 0.247 e. The molecule has 4 aliphatic heterocycles. The zero-order valence-electron chi connectivity index (χ0n) is 41.9. The molecule has 0 radical (unpaired) electrons. The first-order valence-electron chi connectivity index (χ1n) is 26.6. The maximum atomic E-state index is 2.63. The van der Waals surface area contributed by atoms with Gasteiger partial charge in [0.05, 0.1) is 0 Å². The molecule has 0 unspecified atom stereocenters. The van der Waals surface area contributed by atoms with E-state index in [-0.39, 0.29) is 13.4 Å². The fourth-order valence-electron chi connectivity index (χ4n) is 12.8. The van der Waals surface area contributed by atoms with Gasteiger partial charge >= 0.3 is 0 Å². The summed E-state index contributed by atoms with van der Waals surface area (Å²) in [5.74, 6) is 0. The van der Waals surface area contributed by atoms with Crippen molar-refractivity contribution in [2.24, 2.45) is 0 Å². The highest BCUT2D eigenvalue weighted by Crippen LogP contribution is 2.49. The highest BCUT2D eigenvalue weighted by atomic mass is 32.2. The Morgan fingerprint density at radius 2 is 0.500 bits per heavy atom. The molecule has 4 heterocycles. The van der Waals surface area contributed by atoms with Crippen molar-refractivity contribution >= 4 is 170 Å². The van der Waals surface area contributed by atoms with Gasteiger partial charge in [0.1, 0.15) is 0 Å². The van der Waals surface area contributed by atoms with Crippen molar-refractivity contribution in [3.8, 4) is 0 Å². The zero-order chi connectivity index (χ0) is 51.0. The summed E-state index contributed by atoms with van der Waals surface area (Å²) in [4.78, 5) is 15.6. The Morgan fingerprint density at radius 3 is 0.846 bits per heavy atom. The highest BCUT2D eigenvalue weighted by Gasteiger charge is 2.43. The molecule has 17 rings (SSSR count). The fourth-order valence-corrected chi connectivity index (χ4v) is 17.8. The number of hydrogen-bond acceptors (Lipinski definition) is 6. The zero-order valence-corrected chi connectivity index (χ0v) is 45.2. The van der Waals surface area contributed by atoms with Crippen molar-refractivity contribution in [2.75, 3.05) is 9.80 Å². The first-order chi connectivity index (χ1) is 38.6. The second kappa shape index (κ2) is 17.8. The molecule has 0 aliphatic carbocycles. The van der Waals surface area contributed by atoms with E-state index in [0.717, 1.165) is 34.1 Å². The van der Waals surface area contributed by atoms with E-state index < -0.39 is 0 Å². The largest absolute Gasteiger partial charge is 0.310 e. The Hall–Kier alpha value is -7.97. The summed E-state index contributed by atoms with van der Waals surface area (Å²) in [6.07, 6.45) is 0. The van der Waals surface area contributed by atoms with E-state index in [0.29, 0.717) is 0 Å². The molecule has 0 N–H and O–H groups in total. The van der Waals surface area contributed by atoms with Gasteiger partial charge in [-0.1, -0.05) is 233 Å². The predicted octanol–water partition coefficient (Wildman–Crippen LogP) is 16.1. The van der Waals surface area contributed by atoms with Crippen molar-refractivity contribution in [2.45, 2.75) is 39.2 Å². The van der Waals surface area contributed by atoms with Crippen LogP contribution < -0.4 is 42.6 Å². The number of benzene rings is 13. The van der Waals surface area contributed by atoms with Gasteiger partial charge in [0.25, 0.3) is 0 Å². The van der Waals surface area contributed by atoms with Crippen LogP contribution in [0, 0.1) is 0 Å². The molecule has 13 aromatic rings. The summed E-state index contributed by atoms with van der Waals surface area (Å²) in [5, 5.41) is 9.85. The van der Waals surface area contributed by atoms with Crippen LogP contribution in [0.4, 0.5) is 34.1 Å². The van der Waals surface area contributed by atoms with E-state index in [1.165, 1.54) is 115 Å². The summed E-state index contributed by atoms with van der Waals surface area (Å²) in [6.45, 7) is 0.188. The molecule has 0 fully saturated rings. The van der Waals surface area contributed by atoms with Crippen LogP contribution in [0.25, 0.3) is 43.1 Å². The minimum absolute atomic E-state index is 0.0942. The highest BCUT2D eigenvalue weighted by molar-refractivity contribution is 8.02. The second-order valence-electron chi connectivity index (χ2n) is 20.8. The molecular weight excluding hydrogens is 1020 g/mol. The lowest BCUT2D eigenvalue weighted by molar-refractivity contribution is 1.23. The van der Waals surface area contributed by atoms with E-state index in [2.05, 4.69) is 265 Å². The van der Waals surface area contributed by atoms with Gasteiger partial charge in [0.15, 0.2) is 0 Å². The Morgan fingerprint density at radius 1 is 0.205 bits per heavy atom. The van der Waals surface area contributed by atoms with Crippen LogP contribution in [0.3, 0.4) is 0 Å². The van der Waals surface area contributed by atoms with Gasteiger partial charge in [-0.15, -0.1) is 0 Å². The molecule has 78 heavy (non-hydrogen) atoms. The van der Waals surface area contributed by atoms with Crippen LogP contribution in [0.1, 0.15) is 0 Å². The predicted molar refractivity (Wildman–Crippen MR) is 337 cm³/mol. The number of hydrogen-bond donors (Lipinski definition) is 0. The van der Waals surface area contributed by atoms with Crippen LogP contribution in [-0.4, -0.2) is 13.4 Å². The standard InChI is InChI=1S/C70H42B2N2S4/c1-5-17-47-33-51(29-25-43(47)13-1)73(52-30-26-44-14-2-6-18-48(44)34-52)55-37-65-69-67(39-55)77-63-42-64-60(41-59(63)71(69)57-21-9-11-23-61(57)75-65)72-58-22-10-12-24-62(58)76-66-38-56(40-68(78-64)70(66)72)74(53-31-27-45-15-3-7-19-49(45)35-53)54-32-28-46-16-4-8-20-50(46)36-54/h1-42H. The van der Waals surface area contributed by atoms with Crippen LogP contribution in [-0.2, 0) is 0 Å². The third-order valence-corrected chi connectivity index (χ3v) is 20.9. The van der Waals surface area contributed by atoms with Gasteiger partial charge in [0.2, 0.25) is 13.4 Å². The minimum Gasteiger partial charge on any atom is -0.310 e. The summed E-state index contributed by atoms with van der Waals surface area (Å²) >= 11 is 7.77. The lowest BCUT2D eigenvalue weighted by atomic mass is 9.33. The molecule has 362 valence electrons. The molecule has 13 aromatic carbocycles. The maximum absolute atomic E-state index is 2.63. The SMILES string of the molecule is c1ccc2c(c1)Sc1cc(N(c3ccc4ccccc4c3)c3ccc4ccccc4c3)cc3c1B2c1cc2c(cc1S3)Sc1cc(N(c3ccc4ccccc4c3)c3ccc4ccccc4c3)cc3c1B2c1ccccc1S3. The molecule has 4 aliphatic rings. The number of nitrogens with zero attached hydrogens (tertiary/aromatic N) is 2. The average Bonchev–Trinajstić information content (AvgIpc) is 3.66. The molecule has 0 saturated heterocycles. The summed E-state index contributed by atoms with van der Waals surface area (Å²) in [7, 11) is 0. The smallest absolute Gasteiger partial charge is 0.247 e.